The maximum atomic E-state index is 11.7. The lowest BCUT2D eigenvalue weighted by Crippen LogP contribution is -2.30. The number of nitrogens with zero attached hydrogens (tertiary/aromatic N) is 1. The third-order valence-corrected chi connectivity index (χ3v) is 4.61. The zero-order valence-electron chi connectivity index (χ0n) is 15.3. The summed E-state index contributed by atoms with van der Waals surface area (Å²) in [6, 6.07) is 14.1. The van der Waals surface area contributed by atoms with E-state index in [4.69, 9.17) is 4.74 Å². The second-order valence-electron chi connectivity index (χ2n) is 5.77. The molecule has 0 aliphatic rings. The maximum absolute atomic E-state index is 11.7. The molecule has 7 nitrogen and oxygen atoms in total. The number of nitrogens with one attached hydrogen (secondary N) is 1. The van der Waals surface area contributed by atoms with Crippen molar-refractivity contribution in [1.29, 1.82) is 0 Å². The summed E-state index contributed by atoms with van der Waals surface area (Å²) >= 11 is 1.62. The van der Waals surface area contributed by atoms with Crippen molar-refractivity contribution in [2.75, 3.05) is 18.9 Å². The summed E-state index contributed by atoms with van der Waals surface area (Å²) in [5, 5.41) is 13.6. The first kappa shape index (κ1) is 21.2. The summed E-state index contributed by atoms with van der Waals surface area (Å²) in [5.74, 6) is -0.459. The smallest absolute Gasteiger partial charge is 0.331 e. The predicted octanol–water partition coefficient (Wildman–Crippen LogP) is 3.37. The Morgan fingerprint density at radius 2 is 1.89 bits per heavy atom. The molecule has 0 aliphatic carbocycles. The van der Waals surface area contributed by atoms with Crippen molar-refractivity contribution in [3.63, 3.8) is 0 Å². The van der Waals surface area contributed by atoms with E-state index in [9.17, 15) is 19.7 Å². The van der Waals surface area contributed by atoms with Gasteiger partial charge >= 0.3 is 5.97 Å². The summed E-state index contributed by atoms with van der Waals surface area (Å²) in [6.07, 6.45) is 2.35. The number of para-hydroxylation sites is 1. The number of hydrogen-bond acceptors (Lipinski definition) is 6. The first-order chi connectivity index (χ1) is 13.5. The van der Waals surface area contributed by atoms with Gasteiger partial charge in [0.1, 0.15) is 0 Å². The molecule has 2 rings (SSSR count). The van der Waals surface area contributed by atoms with Gasteiger partial charge < -0.3 is 10.1 Å². The standard InChI is InChI=1S/C20H20N2O5S/c1-15-6-9-17(10-7-15)28-13-12-21-19(23)14-27-20(24)11-8-16-4-2-3-5-18(16)22(25)26/h2-11H,12-14H2,1H3,(H,21,23)/b11-8+. The maximum Gasteiger partial charge on any atom is 0.331 e. The van der Waals surface area contributed by atoms with Crippen LogP contribution in [0.25, 0.3) is 6.08 Å². The number of hydrogen-bond donors (Lipinski definition) is 1. The zero-order chi connectivity index (χ0) is 20.4. The minimum atomic E-state index is -0.748. The van der Waals surface area contributed by atoms with E-state index in [0.29, 0.717) is 12.3 Å². The van der Waals surface area contributed by atoms with Crippen molar-refractivity contribution < 1.29 is 19.2 Å². The summed E-state index contributed by atoms with van der Waals surface area (Å²) in [6.45, 7) is 2.06. The second kappa shape index (κ2) is 10.9. The van der Waals surface area contributed by atoms with Gasteiger partial charge in [0.2, 0.25) is 0 Å². The van der Waals surface area contributed by atoms with Gasteiger partial charge in [-0.05, 0) is 31.2 Å². The van der Waals surface area contributed by atoms with E-state index in [1.165, 1.54) is 29.8 Å². The molecule has 28 heavy (non-hydrogen) atoms. The van der Waals surface area contributed by atoms with Crippen molar-refractivity contribution >= 4 is 35.4 Å². The minimum absolute atomic E-state index is 0.115. The van der Waals surface area contributed by atoms with Crippen LogP contribution in [-0.4, -0.2) is 35.7 Å². The molecule has 0 heterocycles. The van der Waals surface area contributed by atoms with Gasteiger partial charge in [0.15, 0.2) is 6.61 Å². The van der Waals surface area contributed by atoms with Crippen LogP contribution in [0.15, 0.2) is 59.5 Å². The number of nitro benzene ring substituents is 1. The van der Waals surface area contributed by atoms with Gasteiger partial charge in [-0.25, -0.2) is 4.79 Å². The zero-order valence-corrected chi connectivity index (χ0v) is 16.1. The van der Waals surface area contributed by atoms with Crippen molar-refractivity contribution in [3.8, 4) is 0 Å². The highest BCUT2D eigenvalue weighted by atomic mass is 32.2. The largest absolute Gasteiger partial charge is 0.452 e. The monoisotopic (exact) mass is 400 g/mol. The molecule has 0 atom stereocenters. The van der Waals surface area contributed by atoms with Crippen LogP contribution < -0.4 is 5.32 Å². The third kappa shape index (κ3) is 7.24. The van der Waals surface area contributed by atoms with E-state index in [1.807, 2.05) is 31.2 Å². The number of ether oxygens (including phenoxy) is 1. The molecule has 0 spiro atoms. The molecule has 0 fully saturated rings. The highest BCUT2D eigenvalue weighted by molar-refractivity contribution is 7.99. The third-order valence-electron chi connectivity index (χ3n) is 3.59. The lowest BCUT2D eigenvalue weighted by Gasteiger charge is -2.06. The highest BCUT2D eigenvalue weighted by Gasteiger charge is 2.10. The van der Waals surface area contributed by atoms with Crippen LogP contribution in [0.1, 0.15) is 11.1 Å². The van der Waals surface area contributed by atoms with E-state index in [2.05, 4.69) is 5.32 Å². The molecule has 2 aromatic carbocycles. The number of benzene rings is 2. The summed E-state index contributed by atoms with van der Waals surface area (Å²) < 4.78 is 4.84. The number of esters is 1. The number of aryl methyl sites for hydroxylation is 1. The normalized spacial score (nSPS) is 10.6. The molecule has 0 saturated heterocycles. The number of nitro groups is 1. The van der Waals surface area contributed by atoms with Crippen LogP contribution >= 0.6 is 11.8 Å². The summed E-state index contributed by atoms with van der Waals surface area (Å²) in [7, 11) is 0. The quantitative estimate of drug-likeness (QED) is 0.173. The van der Waals surface area contributed by atoms with Crippen LogP contribution in [0, 0.1) is 17.0 Å². The number of thioether (sulfide) groups is 1. The molecule has 1 N–H and O–H groups in total. The molecule has 0 radical (unpaired) electrons. The molecule has 1 amide bonds. The molecular weight excluding hydrogens is 380 g/mol. The van der Waals surface area contributed by atoms with Crippen LogP contribution in [0.5, 0.6) is 0 Å². The van der Waals surface area contributed by atoms with Crippen molar-refractivity contribution in [3.05, 3.63) is 75.8 Å². The van der Waals surface area contributed by atoms with Crippen LogP contribution in [-0.2, 0) is 14.3 Å². The average molecular weight is 400 g/mol. The lowest BCUT2D eigenvalue weighted by atomic mass is 10.1. The Bertz CT molecular complexity index is 865. The molecule has 146 valence electrons. The molecular formula is C20H20N2O5S. The molecule has 0 saturated carbocycles. The minimum Gasteiger partial charge on any atom is -0.452 e. The van der Waals surface area contributed by atoms with Gasteiger partial charge in [0.25, 0.3) is 11.6 Å². The fourth-order valence-electron chi connectivity index (χ4n) is 2.18. The van der Waals surface area contributed by atoms with Gasteiger partial charge in [-0.1, -0.05) is 29.8 Å². The Kier molecular flexibility index (Phi) is 8.23. The summed E-state index contributed by atoms with van der Waals surface area (Å²) in [4.78, 5) is 34.9. The average Bonchev–Trinajstić information content (AvgIpc) is 2.69. The van der Waals surface area contributed by atoms with E-state index in [-0.39, 0.29) is 11.3 Å². The topological polar surface area (TPSA) is 98.5 Å². The number of carbonyl (C=O) groups is 2. The fourth-order valence-corrected chi connectivity index (χ4v) is 2.95. The Labute approximate surface area is 166 Å². The highest BCUT2D eigenvalue weighted by Crippen LogP contribution is 2.19. The van der Waals surface area contributed by atoms with Gasteiger partial charge in [-0.3, -0.25) is 14.9 Å². The van der Waals surface area contributed by atoms with E-state index < -0.39 is 23.4 Å². The van der Waals surface area contributed by atoms with Crippen LogP contribution in [0.3, 0.4) is 0 Å². The van der Waals surface area contributed by atoms with Crippen molar-refractivity contribution in [1.82, 2.24) is 5.32 Å². The van der Waals surface area contributed by atoms with Gasteiger partial charge in [0, 0.05) is 29.3 Å². The Hall–Kier alpha value is -3.13. The SMILES string of the molecule is Cc1ccc(SCCNC(=O)COC(=O)/C=C/c2ccccc2[N+](=O)[O-])cc1. The first-order valence-corrected chi connectivity index (χ1v) is 9.48. The molecule has 0 bridgehead atoms. The first-order valence-electron chi connectivity index (χ1n) is 8.50. The Morgan fingerprint density at radius 1 is 1.18 bits per heavy atom. The van der Waals surface area contributed by atoms with E-state index in [1.54, 1.807) is 17.8 Å². The Morgan fingerprint density at radius 3 is 2.61 bits per heavy atom. The predicted molar refractivity (Wildman–Crippen MR) is 108 cm³/mol. The van der Waals surface area contributed by atoms with Gasteiger partial charge in [-0.2, -0.15) is 0 Å². The van der Waals surface area contributed by atoms with Crippen LogP contribution in [0.4, 0.5) is 5.69 Å². The van der Waals surface area contributed by atoms with Gasteiger partial charge in [-0.15, -0.1) is 11.8 Å². The van der Waals surface area contributed by atoms with Gasteiger partial charge in [0.05, 0.1) is 10.5 Å². The summed E-state index contributed by atoms with van der Waals surface area (Å²) in [5.41, 5.74) is 1.35. The molecule has 0 unspecified atom stereocenters. The Balaban J connectivity index is 1.68. The molecule has 0 aromatic heterocycles. The van der Waals surface area contributed by atoms with Crippen LogP contribution in [0.2, 0.25) is 0 Å². The molecule has 2 aromatic rings. The van der Waals surface area contributed by atoms with E-state index in [0.717, 1.165) is 11.0 Å². The molecule has 8 heteroatoms. The number of carbonyl (C=O) groups excluding carboxylic acids is 2. The van der Waals surface area contributed by atoms with Crippen molar-refractivity contribution in [2.45, 2.75) is 11.8 Å². The fraction of sp³-hybridized carbons (Fsp3) is 0.200. The second-order valence-corrected chi connectivity index (χ2v) is 6.94. The van der Waals surface area contributed by atoms with Crippen molar-refractivity contribution in [2.24, 2.45) is 0 Å². The number of amides is 1. The number of rotatable bonds is 9. The molecule has 0 aliphatic heterocycles. The van der Waals surface area contributed by atoms with E-state index >= 15 is 0 Å². The lowest BCUT2D eigenvalue weighted by molar-refractivity contribution is -0.385.